The number of ether oxygens (including phenoxy) is 3. The number of rotatable bonds is 67. The number of esters is 3. The van der Waals surface area contributed by atoms with E-state index < -0.39 is 6.10 Å². The lowest BCUT2D eigenvalue weighted by Crippen LogP contribution is -2.30. The summed E-state index contributed by atoms with van der Waals surface area (Å²) in [6, 6.07) is 0. The highest BCUT2D eigenvalue weighted by Gasteiger charge is 2.19. The van der Waals surface area contributed by atoms with Crippen LogP contribution in [-0.4, -0.2) is 37.2 Å². The van der Waals surface area contributed by atoms with Crippen LogP contribution in [0.1, 0.15) is 419 Å². The van der Waals surface area contributed by atoms with Gasteiger partial charge in [0, 0.05) is 19.3 Å². The first kappa shape index (κ1) is 75.4. The molecule has 0 fully saturated rings. The monoisotopic (exact) mass is 1090 g/mol. The highest BCUT2D eigenvalue weighted by molar-refractivity contribution is 5.71. The van der Waals surface area contributed by atoms with E-state index in [9.17, 15) is 14.4 Å². The van der Waals surface area contributed by atoms with Crippen LogP contribution < -0.4 is 0 Å². The van der Waals surface area contributed by atoms with Gasteiger partial charge < -0.3 is 14.2 Å². The molecule has 1 atom stereocenters. The summed E-state index contributed by atoms with van der Waals surface area (Å²) in [4.78, 5) is 38.1. The second kappa shape index (κ2) is 66.9. The molecule has 0 amide bonds. The van der Waals surface area contributed by atoms with Gasteiger partial charge in [-0.2, -0.15) is 0 Å². The lowest BCUT2D eigenvalue weighted by Gasteiger charge is -2.18. The third-order valence-electron chi connectivity index (χ3n) is 16.6. The van der Waals surface area contributed by atoms with Crippen LogP contribution in [0.2, 0.25) is 0 Å². The van der Waals surface area contributed by atoms with E-state index in [0.29, 0.717) is 19.3 Å². The van der Waals surface area contributed by atoms with Crippen LogP contribution in [0.5, 0.6) is 0 Å². The summed E-state index contributed by atoms with van der Waals surface area (Å²) in [5.74, 6) is -0.837. The van der Waals surface area contributed by atoms with Crippen LogP contribution in [0, 0.1) is 0 Å². The zero-order chi connectivity index (χ0) is 55.7. The molecule has 0 aromatic carbocycles. The first-order chi connectivity index (χ1) is 38.0. The Kier molecular flexibility index (Phi) is 65.5. The Bertz CT molecular complexity index is 1160. The van der Waals surface area contributed by atoms with Gasteiger partial charge in [0.15, 0.2) is 6.10 Å². The van der Waals surface area contributed by atoms with Crippen molar-refractivity contribution in [3.8, 4) is 0 Å². The molecular weight excluding hydrogens is 949 g/mol. The fraction of sp³-hybridized carbons (Fsp3) is 0.958. The average Bonchev–Trinajstić information content (AvgIpc) is 3.43. The molecule has 0 aliphatic heterocycles. The smallest absolute Gasteiger partial charge is 0.306 e. The van der Waals surface area contributed by atoms with Crippen molar-refractivity contribution in [3.05, 3.63) is 0 Å². The second-order valence-electron chi connectivity index (χ2n) is 24.5. The molecule has 0 aliphatic carbocycles. The number of hydrogen-bond donors (Lipinski definition) is 0. The SMILES string of the molecule is CCCCCCCCCCCCCCCCCCCCCCCCCCCCCCCCCC(=O)OCC(COC(=O)CCCCCCCC)OC(=O)CCCCCCCCCCCCCCCCCCCCCCCC. The van der Waals surface area contributed by atoms with Crippen molar-refractivity contribution >= 4 is 17.9 Å². The molecule has 6 heteroatoms. The van der Waals surface area contributed by atoms with Crippen molar-refractivity contribution in [2.45, 2.75) is 425 Å². The summed E-state index contributed by atoms with van der Waals surface area (Å²) in [5.41, 5.74) is 0. The molecule has 1 unspecified atom stereocenters. The summed E-state index contributed by atoms with van der Waals surface area (Å²) in [5, 5.41) is 0. The highest BCUT2D eigenvalue weighted by atomic mass is 16.6. The third kappa shape index (κ3) is 65.1. The Morgan fingerprint density at radius 1 is 0.208 bits per heavy atom. The molecule has 0 aromatic heterocycles. The minimum atomic E-state index is -0.761. The van der Waals surface area contributed by atoms with Gasteiger partial charge in [0.05, 0.1) is 0 Å². The maximum atomic E-state index is 12.9. The zero-order valence-electron chi connectivity index (χ0n) is 52.8. The van der Waals surface area contributed by atoms with Crippen LogP contribution in [-0.2, 0) is 28.6 Å². The summed E-state index contributed by atoms with van der Waals surface area (Å²) in [6.45, 7) is 6.67. The fourth-order valence-corrected chi connectivity index (χ4v) is 11.3. The number of unbranched alkanes of at least 4 members (excludes halogenated alkanes) is 56. The maximum absolute atomic E-state index is 12.9. The van der Waals surface area contributed by atoms with E-state index in [1.165, 1.54) is 321 Å². The van der Waals surface area contributed by atoms with Gasteiger partial charge in [0.1, 0.15) is 13.2 Å². The Morgan fingerprint density at radius 3 is 0.519 bits per heavy atom. The van der Waals surface area contributed by atoms with Crippen LogP contribution in [0.25, 0.3) is 0 Å². The van der Waals surface area contributed by atoms with Crippen LogP contribution >= 0.6 is 0 Å². The summed E-state index contributed by atoms with van der Waals surface area (Å²) >= 11 is 0. The fourth-order valence-electron chi connectivity index (χ4n) is 11.3. The van der Waals surface area contributed by atoms with Crippen molar-refractivity contribution in [2.24, 2.45) is 0 Å². The van der Waals surface area contributed by atoms with Crippen LogP contribution in [0.3, 0.4) is 0 Å². The minimum Gasteiger partial charge on any atom is -0.462 e. The van der Waals surface area contributed by atoms with Crippen LogP contribution in [0.15, 0.2) is 0 Å². The van der Waals surface area contributed by atoms with Crippen molar-refractivity contribution in [1.29, 1.82) is 0 Å². The van der Waals surface area contributed by atoms with Gasteiger partial charge in [-0.15, -0.1) is 0 Å². The molecule has 6 nitrogen and oxygen atoms in total. The molecule has 0 radical (unpaired) electrons. The van der Waals surface area contributed by atoms with Gasteiger partial charge in [0.25, 0.3) is 0 Å². The molecule has 77 heavy (non-hydrogen) atoms. The van der Waals surface area contributed by atoms with E-state index in [2.05, 4.69) is 20.8 Å². The second-order valence-corrected chi connectivity index (χ2v) is 24.5. The van der Waals surface area contributed by atoms with Gasteiger partial charge in [-0.1, -0.05) is 380 Å². The third-order valence-corrected chi connectivity index (χ3v) is 16.6. The van der Waals surface area contributed by atoms with E-state index in [-0.39, 0.29) is 31.1 Å². The number of hydrogen-bond acceptors (Lipinski definition) is 6. The van der Waals surface area contributed by atoms with Gasteiger partial charge in [0.2, 0.25) is 0 Å². The van der Waals surface area contributed by atoms with Crippen molar-refractivity contribution < 1.29 is 28.6 Å². The van der Waals surface area contributed by atoms with Gasteiger partial charge in [-0.05, 0) is 19.3 Å². The normalized spacial score (nSPS) is 11.9. The molecule has 0 N–H and O–H groups in total. The molecule has 0 bridgehead atoms. The van der Waals surface area contributed by atoms with Crippen molar-refractivity contribution in [1.82, 2.24) is 0 Å². The first-order valence-corrected chi connectivity index (χ1v) is 35.5. The quantitative estimate of drug-likeness (QED) is 0.0343. The predicted molar refractivity (Wildman–Crippen MR) is 335 cm³/mol. The van der Waals surface area contributed by atoms with Gasteiger partial charge in [-0.3, -0.25) is 14.4 Å². The zero-order valence-corrected chi connectivity index (χ0v) is 52.8. The van der Waals surface area contributed by atoms with E-state index in [4.69, 9.17) is 14.2 Å². The van der Waals surface area contributed by atoms with E-state index in [0.717, 1.165) is 57.8 Å². The Balaban J connectivity index is 3.91. The Hall–Kier alpha value is -1.59. The largest absolute Gasteiger partial charge is 0.462 e. The molecule has 0 rings (SSSR count). The standard InChI is InChI=1S/C71H138O6/c1-4-7-10-13-16-18-20-22-24-26-28-30-32-33-34-35-36-37-38-39-40-42-43-45-47-49-51-53-55-58-61-64-70(73)76-67-68(66-75-69(72)63-60-57-15-12-9-6-3)77-71(74)65-62-59-56-54-52-50-48-46-44-41-31-29-27-25-23-21-19-17-14-11-8-5-2/h68H,4-67H2,1-3H3. The summed E-state index contributed by atoms with van der Waals surface area (Å²) in [7, 11) is 0. The maximum Gasteiger partial charge on any atom is 0.306 e. The average molecular weight is 1090 g/mol. The lowest BCUT2D eigenvalue weighted by atomic mass is 10.0. The number of carbonyl (C=O) groups excluding carboxylic acids is 3. The number of carbonyl (C=O) groups is 3. The van der Waals surface area contributed by atoms with Crippen molar-refractivity contribution in [2.75, 3.05) is 13.2 Å². The molecular formula is C71H138O6. The molecule has 0 heterocycles. The van der Waals surface area contributed by atoms with Crippen molar-refractivity contribution in [3.63, 3.8) is 0 Å². The Morgan fingerprint density at radius 2 is 0.351 bits per heavy atom. The van der Waals surface area contributed by atoms with E-state index >= 15 is 0 Å². The highest BCUT2D eigenvalue weighted by Crippen LogP contribution is 2.20. The van der Waals surface area contributed by atoms with Crippen LogP contribution in [0.4, 0.5) is 0 Å². The van der Waals surface area contributed by atoms with E-state index in [1.807, 2.05) is 0 Å². The molecule has 0 aromatic rings. The van der Waals surface area contributed by atoms with E-state index in [1.54, 1.807) is 0 Å². The Labute approximate surface area is 482 Å². The minimum absolute atomic E-state index is 0.0617. The lowest BCUT2D eigenvalue weighted by molar-refractivity contribution is -0.167. The van der Waals surface area contributed by atoms with Gasteiger partial charge in [-0.25, -0.2) is 0 Å². The molecule has 0 spiro atoms. The molecule has 458 valence electrons. The molecule has 0 aliphatic rings. The molecule has 0 saturated carbocycles. The van der Waals surface area contributed by atoms with Gasteiger partial charge >= 0.3 is 17.9 Å². The first-order valence-electron chi connectivity index (χ1n) is 35.5. The molecule has 0 saturated heterocycles. The summed E-state index contributed by atoms with van der Waals surface area (Å²) < 4.78 is 16.9. The summed E-state index contributed by atoms with van der Waals surface area (Å²) in [6.07, 6.45) is 79.1. The predicted octanol–water partition coefficient (Wildman–Crippen LogP) is 24.2. The topological polar surface area (TPSA) is 78.9 Å².